The molecule has 2 aliphatic heterocycles. The second kappa shape index (κ2) is 6.50. The first-order valence-electron chi connectivity index (χ1n) is 8.17. The largest absolute Gasteiger partial charge is 0.445 e. The Morgan fingerprint density at radius 1 is 1.16 bits per heavy atom. The Morgan fingerprint density at radius 3 is 2.44 bits per heavy atom. The number of ether oxygens (including phenoxy) is 1. The lowest BCUT2D eigenvalue weighted by molar-refractivity contribution is -0.210. The summed E-state index contributed by atoms with van der Waals surface area (Å²) in [5, 5.41) is 2.43. The van der Waals surface area contributed by atoms with E-state index >= 15 is 0 Å². The molecule has 8 heteroatoms. The molecule has 2 aliphatic rings. The van der Waals surface area contributed by atoms with Crippen LogP contribution in [0.1, 0.15) is 12.0 Å². The average molecular weight is 353 g/mol. The van der Waals surface area contributed by atoms with Gasteiger partial charge in [-0.1, -0.05) is 30.3 Å². The van der Waals surface area contributed by atoms with Gasteiger partial charge in [-0.2, -0.15) is 0 Å². The maximum atomic E-state index is 14.6. The van der Waals surface area contributed by atoms with Gasteiger partial charge in [-0.25, -0.2) is 18.4 Å². The second-order valence-electron chi connectivity index (χ2n) is 6.61. The first kappa shape index (κ1) is 17.4. The molecule has 0 aromatic heterocycles. The molecule has 3 rings (SSSR count). The number of nitrogens with zero attached hydrogens (tertiary/aromatic N) is 2. The molecule has 0 saturated carbocycles. The number of likely N-dealkylation sites (tertiary alicyclic amines) is 2. The van der Waals surface area contributed by atoms with E-state index in [0.717, 1.165) is 10.5 Å². The van der Waals surface area contributed by atoms with Gasteiger partial charge in [0.2, 0.25) is 0 Å². The van der Waals surface area contributed by atoms with Gasteiger partial charge in [-0.15, -0.1) is 0 Å². The number of nitrogens with one attached hydrogen (secondary N) is 1. The standard InChI is InChI=1S/C17H21F2N3O3/c1-20-14(23)22-10-16(11-22)7-8-21(12-17(16,18)19)15(24)25-9-13-5-3-2-4-6-13/h2-6H,7-12H2,1H3,(H,20,23). The number of benzene rings is 1. The minimum Gasteiger partial charge on any atom is -0.445 e. The van der Waals surface area contributed by atoms with Crippen LogP contribution in [0.2, 0.25) is 0 Å². The van der Waals surface area contributed by atoms with E-state index in [1.165, 1.54) is 11.9 Å². The van der Waals surface area contributed by atoms with Crippen molar-refractivity contribution in [3.8, 4) is 0 Å². The third-order valence-electron chi connectivity index (χ3n) is 4.98. The normalized spacial score (nSPS) is 20.8. The van der Waals surface area contributed by atoms with E-state index in [0.29, 0.717) is 0 Å². The van der Waals surface area contributed by atoms with Crippen molar-refractivity contribution in [1.82, 2.24) is 15.1 Å². The average Bonchev–Trinajstić information content (AvgIpc) is 2.57. The number of hydrogen-bond acceptors (Lipinski definition) is 3. The molecule has 6 nitrogen and oxygen atoms in total. The van der Waals surface area contributed by atoms with Crippen molar-refractivity contribution in [2.24, 2.45) is 5.41 Å². The van der Waals surface area contributed by atoms with Crippen LogP contribution in [0.25, 0.3) is 0 Å². The highest BCUT2D eigenvalue weighted by molar-refractivity contribution is 5.75. The highest BCUT2D eigenvalue weighted by Gasteiger charge is 2.64. The summed E-state index contributed by atoms with van der Waals surface area (Å²) in [4.78, 5) is 26.0. The van der Waals surface area contributed by atoms with Gasteiger partial charge in [-0.3, -0.25) is 0 Å². The lowest BCUT2D eigenvalue weighted by Gasteiger charge is -2.56. The number of piperidine rings is 1. The van der Waals surface area contributed by atoms with Crippen molar-refractivity contribution in [3.05, 3.63) is 35.9 Å². The van der Waals surface area contributed by atoms with Crippen LogP contribution in [-0.2, 0) is 11.3 Å². The molecule has 0 atom stereocenters. The van der Waals surface area contributed by atoms with Crippen LogP contribution >= 0.6 is 0 Å². The van der Waals surface area contributed by atoms with Gasteiger partial charge >= 0.3 is 12.1 Å². The number of amides is 3. The fourth-order valence-electron chi connectivity index (χ4n) is 3.36. The molecule has 25 heavy (non-hydrogen) atoms. The van der Waals surface area contributed by atoms with Crippen molar-refractivity contribution in [3.63, 3.8) is 0 Å². The van der Waals surface area contributed by atoms with E-state index in [9.17, 15) is 18.4 Å². The fraction of sp³-hybridized carbons (Fsp3) is 0.529. The molecule has 1 aromatic carbocycles. The molecule has 2 heterocycles. The zero-order valence-corrected chi connectivity index (χ0v) is 14.0. The van der Waals surface area contributed by atoms with Gasteiger partial charge < -0.3 is 19.9 Å². The quantitative estimate of drug-likeness (QED) is 0.888. The molecule has 136 valence electrons. The summed E-state index contributed by atoms with van der Waals surface area (Å²) in [6.07, 6.45) is -0.589. The van der Waals surface area contributed by atoms with Crippen LogP contribution in [0.3, 0.4) is 0 Å². The molecule has 1 N–H and O–H groups in total. The van der Waals surface area contributed by atoms with Crippen LogP contribution in [0.4, 0.5) is 18.4 Å². The monoisotopic (exact) mass is 353 g/mol. The van der Waals surface area contributed by atoms with E-state index in [-0.39, 0.29) is 38.7 Å². The minimum atomic E-state index is -3.05. The zero-order valence-electron chi connectivity index (χ0n) is 14.0. The Hall–Kier alpha value is -2.38. The fourth-order valence-corrected chi connectivity index (χ4v) is 3.36. The maximum absolute atomic E-state index is 14.6. The first-order chi connectivity index (χ1) is 11.9. The highest BCUT2D eigenvalue weighted by Crippen LogP contribution is 2.50. The van der Waals surface area contributed by atoms with Gasteiger partial charge in [0.05, 0.1) is 12.0 Å². The van der Waals surface area contributed by atoms with E-state index in [1.807, 2.05) is 18.2 Å². The lowest BCUT2D eigenvalue weighted by Crippen LogP contribution is -2.72. The third kappa shape index (κ3) is 3.25. The van der Waals surface area contributed by atoms with Crippen LogP contribution in [0.5, 0.6) is 0 Å². The summed E-state index contributed by atoms with van der Waals surface area (Å²) in [6, 6.07) is 8.72. The Labute approximate surface area is 144 Å². The van der Waals surface area contributed by atoms with Crippen LogP contribution in [0.15, 0.2) is 30.3 Å². The first-order valence-corrected chi connectivity index (χ1v) is 8.17. The number of hydrogen-bond donors (Lipinski definition) is 1. The number of halogens is 2. The number of alkyl halides is 2. The van der Waals surface area contributed by atoms with Gasteiger partial charge in [0.1, 0.15) is 6.61 Å². The summed E-state index contributed by atoms with van der Waals surface area (Å²) in [5.74, 6) is -3.05. The van der Waals surface area contributed by atoms with Gasteiger partial charge in [0.15, 0.2) is 0 Å². The van der Waals surface area contributed by atoms with E-state index in [2.05, 4.69) is 5.32 Å². The topological polar surface area (TPSA) is 61.9 Å². The second-order valence-corrected chi connectivity index (χ2v) is 6.61. The van der Waals surface area contributed by atoms with Gasteiger partial charge in [0, 0.05) is 26.7 Å². The Kier molecular flexibility index (Phi) is 4.53. The molecule has 1 aromatic rings. The molecular weight excluding hydrogens is 332 g/mol. The predicted molar refractivity (Wildman–Crippen MR) is 86.2 cm³/mol. The smallest absolute Gasteiger partial charge is 0.410 e. The summed E-state index contributed by atoms with van der Waals surface area (Å²) in [6.45, 7) is -0.413. The van der Waals surface area contributed by atoms with Crippen molar-refractivity contribution in [2.45, 2.75) is 19.0 Å². The summed E-state index contributed by atoms with van der Waals surface area (Å²) >= 11 is 0. The molecule has 3 amide bonds. The van der Waals surface area contributed by atoms with Crippen molar-refractivity contribution in [1.29, 1.82) is 0 Å². The maximum Gasteiger partial charge on any atom is 0.410 e. The molecule has 1 spiro atoms. The van der Waals surface area contributed by atoms with E-state index in [4.69, 9.17) is 4.74 Å². The van der Waals surface area contributed by atoms with Crippen LogP contribution in [0, 0.1) is 5.41 Å². The molecule has 2 fully saturated rings. The minimum absolute atomic E-state index is 0.00652. The summed E-state index contributed by atoms with van der Waals surface area (Å²) in [5.41, 5.74) is -0.438. The third-order valence-corrected chi connectivity index (χ3v) is 4.98. The molecule has 0 radical (unpaired) electrons. The van der Waals surface area contributed by atoms with Gasteiger partial charge in [0.25, 0.3) is 5.92 Å². The lowest BCUT2D eigenvalue weighted by atomic mass is 9.69. The summed E-state index contributed by atoms with van der Waals surface area (Å²) < 4.78 is 34.4. The number of rotatable bonds is 2. The van der Waals surface area contributed by atoms with Crippen molar-refractivity contribution in [2.75, 3.05) is 33.2 Å². The van der Waals surface area contributed by atoms with Crippen LogP contribution in [-0.4, -0.2) is 61.1 Å². The molecule has 0 bridgehead atoms. The Balaban J connectivity index is 1.55. The van der Waals surface area contributed by atoms with E-state index in [1.54, 1.807) is 12.1 Å². The predicted octanol–water partition coefficient (Wildman–Crippen LogP) is 2.31. The Bertz CT molecular complexity index is 648. The number of carbonyl (C=O) groups is 2. The molecule has 2 saturated heterocycles. The SMILES string of the molecule is CNC(=O)N1CC2(CCN(C(=O)OCc3ccccc3)CC2(F)F)C1. The summed E-state index contributed by atoms with van der Waals surface area (Å²) in [7, 11) is 1.47. The zero-order chi connectivity index (χ0) is 18.1. The van der Waals surface area contributed by atoms with Crippen molar-refractivity contribution >= 4 is 12.1 Å². The van der Waals surface area contributed by atoms with Gasteiger partial charge in [-0.05, 0) is 12.0 Å². The molecule has 0 aliphatic carbocycles. The highest BCUT2D eigenvalue weighted by atomic mass is 19.3. The van der Waals surface area contributed by atoms with E-state index < -0.39 is 24.0 Å². The Morgan fingerprint density at radius 2 is 1.84 bits per heavy atom. The van der Waals surface area contributed by atoms with Crippen LogP contribution < -0.4 is 5.32 Å². The number of urea groups is 1. The van der Waals surface area contributed by atoms with Crippen molar-refractivity contribution < 1.29 is 23.1 Å². The molecular formula is C17H21F2N3O3. The number of carbonyl (C=O) groups excluding carboxylic acids is 2. The molecule has 0 unspecified atom stereocenters.